The highest BCUT2D eigenvalue weighted by atomic mass is 32.1. The molecule has 3 rings (SSSR count). The van der Waals surface area contributed by atoms with Crippen LogP contribution in [0.2, 0.25) is 0 Å². The molecule has 0 saturated carbocycles. The lowest BCUT2D eigenvalue weighted by Gasteiger charge is -2.12. The van der Waals surface area contributed by atoms with Crippen molar-refractivity contribution in [3.8, 4) is 0 Å². The number of carbonyl (C=O) groups excluding carboxylic acids is 1. The van der Waals surface area contributed by atoms with Crippen LogP contribution in [0.5, 0.6) is 0 Å². The van der Waals surface area contributed by atoms with Crippen LogP contribution in [-0.2, 0) is 22.4 Å². The molecule has 0 bridgehead atoms. The zero-order valence-corrected chi connectivity index (χ0v) is 17.2. The number of anilines is 2. The first kappa shape index (κ1) is 22.0. The average Bonchev–Trinajstić information content (AvgIpc) is 3.32. The van der Waals surface area contributed by atoms with Gasteiger partial charge in [-0.2, -0.15) is 9.97 Å². The molecular formula is C19H22N6O5S. The number of carbonyl (C=O) groups is 3. The van der Waals surface area contributed by atoms with E-state index >= 15 is 0 Å². The maximum Gasteiger partial charge on any atom is 0.326 e. The third kappa shape index (κ3) is 5.48. The zero-order chi connectivity index (χ0) is 22.5. The molecule has 3 heterocycles. The van der Waals surface area contributed by atoms with E-state index in [1.807, 2.05) is 12.3 Å². The number of carboxylic acids is 2. The van der Waals surface area contributed by atoms with Gasteiger partial charge >= 0.3 is 11.9 Å². The van der Waals surface area contributed by atoms with E-state index < -0.39 is 23.9 Å². The van der Waals surface area contributed by atoms with Crippen LogP contribution in [0.15, 0.2) is 18.3 Å². The Kier molecular flexibility index (Phi) is 6.70. The summed E-state index contributed by atoms with van der Waals surface area (Å²) in [6, 6.07) is 2.20. The maximum absolute atomic E-state index is 12.3. The number of hydrogen-bond acceptors (Lipinski definition) is 8. The molecule has 0 saturated heterocycles. The van der Waals surface area contributed by atoms with Crippen LogP contribution in [-0.4, -0.2) is 49.1 Å². The molecule has 1 atom stereocenters. The molecule has 0 aliphatic rings. The van der Waals surface area contributed by atoms with E-state index in [2.05, 4.69) is 20.3 Å². The van der Waals surface area contributed by atoms with Crippen molar-refractivity contribution < 1.29 is 24.6 Å². The van der Waals surface area contributed by atoms with Crippen LogP contribution in [0.25, 0.3) is 11.0 Å². The number of carboxylic acid groups (broad SMARTS) is 2. The lowest BCUT2D eigenvalue weighted by atomic mass is 10.1. The van der Waals surface area contributed by atoms with Gasteiger partial charge in [-0.25, -0.2) is 4.79 Å². The fraction of sp³-hybridized carbons (Fsp3) is 0.316. The molecule has 3 aromatic heterocycles. The number of aliphatic carboxylic acids is 2. The van der Waals surface area contributed by atoms with Gasteiger partial charge in [0.1, 0.15) is 17.5 Å². The summed E-state index contributed by atoms with van der Waals surface area (Å²) in [5.74, 6) is -2.49. The molecule has 3 aromatic rings. The van der Waals surface area contributed by atoms with E-state index in [0.717, 1.165) is 22.2 Å². The summed E-state index contributed by atoms with van der Waals surface area (Å²) in [6.07, 6.45) is 3.51. The molecule has 0 radical (unpaired) electrons. The number of amides is 1. The van der Waals surface area contributed by atoms with Gasteiger partial charge in [0.05, 0.1) is 10.3 Å². The van der Waals surface area contributed by atoms with Crippen LogP contribution >= 0.6 is 11.3 Å². The molecule has 8 N–H and O–H groups in total. The molecule has 1 amide bonds. The topological polar surface area (TPSA) is 197 Å². The Balaban J connectivity index is 1.57. The average molecular weight is 446 g/mol. The molecule has 0 aliphatic carbocycles. The van der Waals surface area contributed by atoms with Crippen LogP contribution < -0.4 is 16.8 Å². The second-order valence-corrected chi connectivity index (χ2v) is 8.09. The van der Waals surface area contributed by atoms with Gasteiger partial charge < -0.3 is 32.0 Å². The number of H-pyrrole nitrogens is 1. The molecule has 11 nitrogen and oxygen atoms in total. The smallest absolute Gasteiger partial charge is 0.326 e. The Morgan fingerprint density at radius 1 is 1.16 bits per heavy atom. The largest absolute Gasteiger partial charge is 0.481 e. The highest BCUT2D eigenvalue weighted by Gasteiger charge is 2.22. The first-order chi connectivity index (χ1) is 14.7. The first-order valence-corrected chi connectivity index (χ1v) is 10.3. The number of thiophene rings is 1. The van der Waals surface area contributed by atoms with Gasteiger partial charge in [-0.05, 0) is 43.4 Å². The number of nitrogens with zero attached hydrogens (tertiary/aromatic N) is 2. The maximum atomic E-state index is 12.3. The summed E-state index contributed by atoms with van der Waals surface area (Å²) in [5.41, 5.74) is 13.1. The summed E-state index contributed by atoms with van der Waals surface area (Å²) in [4.78, 5) is 46.7. The monoisotopic (exact) mass is 446 g/mol. The van der Waals surface area contributed by atoms with Crippen LogP contribution in [0.1, 0.15) is 39.4 Å². The summed E-state index contributed by atoms with van der Waals surface area (Å²) in [6.45, 7) is 0. The predicted octanol–water partition coefficient (Wildman–Crippen LogP) is 1.41. The molecule has 0 fully saturated rings. The molecule has 0 unspecified atom stereocenters. The SMILES string of the molecule is Nc1nc(N)c2c(CCCc3ccc(C(=O)N[C@@H](CCC(=O)O)C(=O)O)s3)c[nH]c2n1. The van der Waals surface area contributed by atoms with E-state index in [1.54, 1.807) is 6.07 Å². The fourth-order valence-corrected chi connectivity index (χ4v) is 4.14. The number of rotatable bonds is 10. The highest BCUT2D eigenvalue weighted by molar-refractivity contribution is 7.14. The summed E-state index contributed by atoms with van der Waals surface area (Å²) < 4.78 is 0. The lowest BCUT2D eigenvalue weighted by molar-refractivity contribution is -0.140. The molecule has 164 valence electrons. The number of nitrogens with one attached hydrogen (secondary N) is 2. The molecule has 0 aromatic carbocycles. The van der Waals surface area contributed by atoms with Crippen molar-refractivity contribution in [3.63, 3.8) is 0 Å². The van der Waals surface area contributed by atoms with Crippen molar-refractivity contribution in [2.45, 2.75) is 38.1 Å². The summed E-state index contributed by atoms with van der Waals surface area (Å²) in [7, 11) is 0. The minimum atomic E-state index is -1.27. The van der Waals surface area contributed by atoms with Gasteiger partial charge in [-0.3, -0.25) is 9.59 Å². The van der Waals surface area contributed by atoms with E-state index in [4.69, 9.17) is 16.6 Å². The van der Waals surface area contributed by atoms with E-state index in [-0.39, 0.29) is 18.8 Å². The summed E-state index contributed by atoms with van der Waals surface area (Å²) >= 11 is 1.27. The number of aromatic amines is 1. The Hall–Kier alpha value is -3.67. The van der Waals surface area contributed by atoms with Gasteiger partial charge in [-0.1, -0.05) is 0 Å². The lowest BCUT2D eigenvalue weighted by Crippen LogP contribution is -2.40. The molecule has 0 spiro atoms. The van der Waals surface area contributed by atoms with E-state index in [0.29, 0.717) is 29.2 Å². The number of nitrogen functional groups attached to an aromatic ring is 2. The van der Waals surface area contributed by atoms with E-state index in [1.165, 1.54) is 11.3 Å². The van der Waals surface area contributed by atoms with Crippen LogP contribution in [0, 0.1) is 0 Å². The van der Waals surface area contributed by atoms with Crippen molar-refractivity contribution in [3.05, 3.63) is 33.6 Å². The Labute approximate surface area is 180 Å². The van der Waals surface area contributed by atoms with Crippen molar-refractivity contribution >= 4 is 52.0 Å². The third-order valence-corrected chi connectivity index (χ3v) is 5.81. The second kappa shape index (κ2) is 9.43. The van der Waals surface area contributed by atoms with Crippen molar-refractivity contribution in [1.82, 2.24) is 20.3 Å². The van der Waals surface area contributed by atoms with Gasteiger partial charge in [-0.15, -0.1) is 11.3 Å². The molecule has 31 heavy (non-hydrogen) atoms. The minimum absolute atomic E-state index is 0.107. The zero-order valence-electron chi connectivity index (χ0n) is 16.4. The predicted molar refractivity (Wildman–Crippen MR) is 115 cm³/mol. The highest BCUT2D eigenvalue weighted by Crippen LogP contribution is 2.25. The normalized spacial score (nSPS) is 12.0. The Morgan fingerprint density at radius 3 is 2.65 bits per heavy atom. The number of aryl methyl sites for hydroxylation is 2. The molecular weight excluding hydrogens is 424 g/mol. The quantitative estimate of drug-likeness (QED) is 0.266. The van der Waals surface area contributed by atoms with Gasteiger partial charge in [0.2, 0.25) is 5.95 Å². The van der Waals surface area contributed by atoms with Crippen LogP contribution in [0.3, 0.4) is 0 Å². The number of nitrogens with two attached hydrogens (primary N) is 2. The van der Waals surface area contributed by atoms with Gasteiger partial charge in [0, 0.05) is 17.5 Å². The number of aromatic nitrogens is 3. The fourth-order valence-electron chi connectivity index (χ4n) is 3.18. The number of fused-ring (bicyclic) bond motifs is 1. The van der Waals surface area contributed by atoms with Crippen molar-refractivity contribution in [2.24, 2.45) is 0 Å². The standard InChI is InChI=1S/C19H22N6O5S/c20-15-14-9(8-22-16(14)25-19(21)24-15)2-1-3-10-4-6-12(31-10)17(28)23-11(18(29)30)5-7-13(26)27/h4,6,8,11H,1-3,5,7H2,(H,23,28)(H,26,27)(H,29,30)(H5,20,21,22,24,25)/t11-/m0/s1. The second-order valence-electron chi connectivity index (χ2n) is 6.92. The molecule has 0 aliphatic heterocycles. The first-order valence-electron chi connectivity index (χ1n) is 9.47. The van der Waals surface area contributed by atoms with Gasteiger partial charge in [0.15, 0.2) is 0 Å². The van der Waals surface area contributed by atoms with Crippen molar-refractivity contribution in [2.75, 3.05) is 11.5 Å². The van der Waals surface area contributed by atoms with Crippen LogP contribution in [0.4, 0.5) is 11.8 Å². The van der Waals surface area contributed by atoms with Crippen molar-refractivity contribution in [1.29, 1.82) is 0 Å². The molecule has 12 heteroatoms. The Bertz CT molecular complexity index is 1120. The Morgan fingerprint density at radius 2 is 1.94 bits per heavy atom. The third-order valence-electron chi connectivity index (χ3n) is 4.66. The number of hydrogen-bond donors (Lipinski definition) is 6. The summed E-state index contributed by atoms with van der Waals surface area (Å²) in [5, 5.41) is 21.0. The van der Waals surface area contributed by atoms with Gasteiger partial charge in [0.25, 0.3) is 5.91 Å². The minimum Gasteiger partial charge on any atom is -0.481 e. The van der Waals surface area contributed by atoms with E-state index in [9.17, 15) is 19.5 Å².